The first-order valence-corrected chi connectivity index (χ1v) is 8.65. The Kier molecular flexibility index (Phi) is 4.98. The summed E-state index contributed by atoms with van der Waals surface area (Å²) in [6.07, 6.45) is 2.01. The fourth-order valence-corrected chi connectivity index (χ4v) is 2.97. The number of rotatable bonds is 5. The molecule has 0 bridgehead atoms. The lowest BCUT2D eigenvalue weighted by atomic mass is 10.0. The van der Waals surface area contributed by atoms with Gasteiger partial charge in [-0.05, 0) is 44.5 Å². The second-order valence-electron chi connectivity index (χ2n) is 7.23. The van der Waals surface area contributed by atoms with Gasteiger partial charge in [0.1, 0.15) is 11.4 Å². The Morgan fingerprint density at radius 2 is 1.88 bits per heavy atom. The molecule has 1 atom stereocenters. The van der Waals surface area contributed by atoms with E-state index in [0.29, 0.717) is 0 Å². The highest BCUT2D eigenvalue weighted by Gasteiger charge is 2.24. The van der Waals surface area contributed by atoms with E-state index in [1.165, 1.54) is 0 Å². The lowest BCUT2D eigenvalue weighted by molar-refractivity contribution is -0.155. The van der Waals surface area contributed by atoms with Crippen LogP contribution in [-0.2, 0) is 9.53 Å². The van der Waals surface area contributed by atoms with Crippen LogP contribution in [0.1, 0.15) is 38.8 Å². The smallest absolute Gasteiger partial charge is 0.308 e. The van der Waals surface area contributed by atoms with Gasteiger partial charge in [-0.2, -0.15) is 5.10 Å². The predicted molar refractivity (Wildman–Crippen MR) is 101 cm³/mol. The first kappa shape index (κ1) is 18.0. The van der Waals surface area contributed by atoms with Crippen LogP contribution in [0.2, 0.25) is 0 Å². The van der Waals surface area contributed by atoms with Gasteiger partial charge in [0.2, 0.25) is 0 Å². The van der Waals surface area contributed by atoms with Gasteiger partial charge in [-0.15, -0.1) is 0 Å². The van der Waals surface area contributed by atoms with Crippen LogP contribution in [0.3, 0.4) is 0 Å². The summed E-state index contributed by atoms with van der Waals surface area (Å²) in [4.78, 5) is 12.5. The molecule has 1 aromatic heterocycles. The van der Waals surface area contributed by atoms with Crippen LogP contribution in [0.4, 0.5) is 0 Å². The largest absolute Gasteiger partial charge is 0.497 e. The van der Waals surface area contributed by atoms with Gasteiger partial charge in [-0.3, -0.25) is 9.48 Å². The number of hydrogen-bond acceptors (Lipinski definition) is 4. The van der Waals surface area contributed by atoms with Crippen molar-refractivity contribution in [2.24, 2.45) is 0 Å². The number of benzene rings is 2. The molecule has 136 valence electrons. The van der Waals surface area contributed by atoms with E-state index in [1.54, 1.807) is 13.3 Å². The van der Waals surface area contributed by atoms with Crippen LogP contribution in [0.5, 0.6) is 5.75 Å². The zero-order chi connectivity index (χ0) is 18.7. The molecule has 5 nitrogen and oxygen atoms in total. The summed E-state index contributed by atoms with van der Waals surface area (Å²) in [6, 6.07) is 15.5. The van der Waals surface area contributed by atoms with E-state index in [4.69, 9.17) is 9.47 Å². The third-order valence-electron chi connectivity index (χ3n) is 4.06. The van der Waals surface area contributed by atoms with Gasteiger partial charge in [0.15, 0.2) is 0 Å². The van der Waals surface area contributed by atoms with Crippen LogP contribution in [-0.4, -0.2) is 28.5 Å². The molecule has 0 spiro atoms. The Bertz CT molecular complexity index is 895. The Hall–Kier alpha value is -2.82. The van der Waals surface area contributed by atoms with Crippen LogP contribution in [0.25, 0.3) is 10.9 Å². The Labute approximate surface area is 153 Å². The second kappa shape index (κ2) is 7.20. The Morgan fingerprint density at radius 1 is 1.15 bits per heavy atom. The summed E-state index contributed by atoms with van der Waals surface area (Å²) in [6.45, 7) is 5.62. The molecule has 0 aliphatic carbocycles. The molecule has 1 unspecified atom stereocenters. The van der Waals surface area contributed by atoms with E-state index in [-0.39, 0.29) is 18.4 Å². The van der Waals surface area contributed by atoms with Gasteiger partial charge in [0.25, 0.3) is 0 Å². The fourth-order valence-electron chi connectivity index (χ4n) is 2.97. The number of esters is 1. The maximum Gasteiger partial charge on any atom is 0.308 e. The molecule has 0 saturated heterocycles. The Morgan fingerprint density at radius 3 is 2.54 bits per heavy atom. The molecular weight excluding hydrogens is 328 g/mol. The number of fused-ring (bicyclic) bond motifs is 1. The summed E-state index contributed by atoms with van der Waals surface area (Å²) in [7, 11) is 1.64. The molecule has 0 N–H and O–H groups in total. The molecule has 5 heteroatoms. The quantitative estimate of drug-likeness (QED) is 0.640. The van der Waals surface area contributed by atoms with E-state index in [9.17, 15) is 4.79 Å². The summed E-state index contributed by atoms with van der Waals surface area (Å²) in [5.41, 5.74) is 1.44. The topological polar surface area (TPSA) is 53.4 Å². The maximum absolute atomic E-state index is 12.5. The van der Waals surface area contributed by atoms with Gasteiger partial charge in [0.05, 0.1) is 31.3 Å². The second-order valence-corrected chi connectivity index (χ2v) is 7.23. The van der Waals surface area contributed by atoms with E-state index in [0.717, 1.165) is 22.2 Å². The third-order valence-corrected chi connectivity index (χ3v) is 4.06. The first-order chi connectivity index (χ1) is 12.4. The number of hydrogen-bond donors (Lipinski definition) is 0. The molecule has 3 aromatic rings. The van der Waals surface area contributed by atoms with Crippen molar-refractivity contribution < 1.29 is 14.3 Å². The van der Waals surface area contributed by atoms with Crippen molar-refractivity contribution in [2.45, 2.75) is 38.8 Å². The van der Waals surface area contributed by atoms with Gasteiger partial charge < -0.3 is 9.47 Å². The molecule has 2 aromatic carbocycles. The standard InChI is InChI=1S/C21H24N2O3/c1-21(2,3)26-20(24)13-19(15-8-6-5-7-9-15)23-18-11-10-17(25-4)12-16(18)14-22-23/h5-12,14,19H,13H2,1-4H3. The molecular formula is C21H24N2O3. The van der Waals surface area contributed by atoms with E-state index < -0.39 is 5.60 Å². The van der Waals surface area contributed by atoms with Crippen molar-refractivity contribution in [3.05, 3.63) is 60.3 Å². The third kappa shape index (κ3) is 4.04. The SMILES string of the molecule is COc1ccc2c(cnn2C(CC(=O)OC(C)(C)C)c2ccccc2)c1. The number of carbonyl (C=O) groups excluding carboxylic acids is 1. The number of carbonyl (C=O) groups is 1. The van der Waals surface area contributed by atoms with Crippen molar-refractivity contribution in [3.63, 3.8) is 0 Å². The van der Waals surface area contributed by atoms with Crippen molar-refractivity contribution >= 4 is 16.9 Å². The number of ether oxygens (including phenoxy) is 2. The van der Waals surface area contributed by atoms with Crippen LogP contribution in [0.15, 0.2) is 54.7 Å². The number of methoxy groups -OCH3 is 1. The first-order valence-electron chi connectivity index (χ1n) is 8.65. The minimum atomic E-state index is -0.516. The van der Waals surface area contributed by atoms with Crippen LogP contribution in [0, 0.1) is 0 Å². The highest BCUT2D eigenvalue weighted by molar-refractivity contribution is 5.81. The van der Waals surface area contributed by atoms with Gasteiger partial charge >= 0.3 is 5.97 Å². The number of aromatic nitrogens is 2. The lowest BCUT2D eigenvalue weighted by Crippen LogP contribution is -2.26. The van der Waals surface area contributed by atoms with Crippen molar-refractivity contribution in [1.82, 2.24) is 9.78 Å². The minimum Gasteiger partial charge on any atom is -0.497 e. The van der Waals surface area contributed by atoms with Gasteiger partial charge in [-0.25, -0.2) is 0 Å². The van der Waals surface area contributed by atoms with Gasteiger partial charge in [-0.1, -0.05) is 30.3 Å². The molecule has 0 radical (unpaired) electrons. The molecule has 26 heavy (non-hydrogen) atoms. The lowest BCUT2D eigenvalue weighted by Gasteiger charge is -2.23. The summed E-state index contributed by atoms with van der Waals surface area (Å²) >= 11 is 0. The highest BCUT2D eigenvalue weighted by atomic mass is 16.6. The zero-order valence-electron chi connectivity index (χ0n) is 15.6. The molecule has 0 fully saturated rings. The molecule has 0 aliphatic heterocycles. The van der Waals surface area contributed by atoms with Crippen LogP contribution < -0.4 is 4.74 Å². The molecule has 1 heterocycles. The van der Waals surface area contributed by atoms with Crippen molar-refractivity contribution in [1.29, 1.82) is 0 Å². The average molecular weight is 352 g/mol. The Balaban J connectivity index is 2.00. The molecule has 3 rings (SSSR count). The average Bonchev–Trinajstić information content (AvgIpc) is 3.01. The highest BCUT2D eigenvalue weighted by Crippen LogP contribution is 2.29. The summed E-state index contributed by atoms with van der Waals surface area (Å²) in [5.74, 6) is 0.531. The zero-order valence-corrected chi connectivity index (χ0v) is 15.6. The van der Waals surface area contributed by atoms with E-state index in [2.05, 4.69) is 5.10 Å². The minimum absolute atomic E-state index is 0.212. The monoisotopic (exact) mass is 352 g/mol. The van der Waals surface area contributed by atoms with Crippen molar-refractivity contribution in [3.8, 4) is 5.75 Å². The van der Waals surface area contributed by atoms with Gasteiger partial charge in [0, 0.05) is 5.39 Å². The molecule has 0 aliphatic rings. The van der Waals surface area contributed by atoms with E-state index >= 15 is 0 Å². The predicted octanol–water partition coefficient (Wildman–Crippen LogP) is 4.37. The normalized spacial score (nSPS) is 12.8. The molecule has 0 saturated carbocycles. The van der Waals surface area contributed by atoms with Crippen LogP contribution >= 0.6 is 0 Å². The molecule has 0 amide bonds. The summed E-state index contributed by atoms with van der Waals surface area (Å²) in [5, 5.41) is 5.52. The fraction of sp³-hybridized carbons (Fsp3) is 0.333. The summed E-state index contributed by atoms with van der Waals surface area (Å²) < 4.78 is 12.7. The van der Waals surface area contributed by atoms with Crippen molar-refractivity contribution in [2.75, 3.05) is 7.11 Å². The number of nitrogens with zero attached hydrogens (tertiary/aromatic N) is 2. The van der Waals surface area contributed by atoms with E-state index in [1.807, 2.05) is 74.0 Å². The maximum atomic E-state index is 12.5.